The molecule has 0 saturated carbocycles. The second-order valence-corrected chi connectivity index (χ2v) is 12.3. The van der Waals surface area contributed by atoms with E-state index in [0.717, 1.165) is 18.4 Å². The van der Waals surface area contributed by atoms with Crippen LogP contribution >= 0.6 is 10.9 Å². The molecule has 0 unspecified atom stereocenters. The van der Waals surface area contributed by atoms with Crippen molar-refractivity contribution in [3.05, 3.63) is 72.3 Å². The molecular weight excluding hydrogens is 426 g/mol. The summed E-state index contributed by atoms with van der Waals surface area (Å²) in [6, 6.07) is 14.6. The van der Waals surface area contributed by atoms with Gasteiger partial charge in [-0.25, -0.2) is 25.6 Å². The van der Waals surface area contributed by atoms with Gasteiger partial charge in [-0.3, -0.25) is 0 Å². The van der Waals surface area contributed by atoms with Crippen molar-refractivity contribution in [1.82, 2.24) is 0 Å². The van der Waals surface area contributed by atoms with E-state index in [1.165, 1.54) is 12.1 Å². The van der Waals surface area contributed by atoms with Gasteiger partial charge in [0.1, 0.15) is 16.5 Å². The van der Waals surface area contributed by atoms with Crippen molar-refractivity contribution >= 4 is 30.6 Å². The molecule has 0 aromatic heterocycles. The summed E-state index contributed by atoms with van der Waals surface area (Å²) in [6.07, 6.45) is 0.733. The molecule has 0 fully saturated rings. The molecule has 1 aliphatic rings. The molecule has 1 heterocycles. The first kappa shape index (κ1) is 19.1. The van der Waals surface area contributed by atoms with Crippen molar-refractivity contribution in [3.8, 4) is 0 Å². The number of hydrogen-bond donors (Lipinski definition) is 1. The molecule has 0 aliphatic carbocycles. The molecule has 0 amide bonds. The van der Waals surface area contributed by atoms with Gasteiger partial charge in [0.25, 0.3) is 0 Å². The highest BCUT2D eigenvalue weighted by molar-refractivity contribution is 8.18. The highest BCUT2D eigenvalue weighted by Gasteiger charge is 2.35. The van der Waals surface area contributed by atoms with Crippen molar-refractivity contribution in [2.24, 2.45) is 0 Å². The first-order valence-corrected chi connectivity index (χ1v) is 12.8. The molecule has 4 nitrogen and oxygen atoms in total. The van der Waals surface area contributed by atoms with Gasteiger partial charge in [0.15, 0.2) is 9.84 Å². The Morgan fingerprint density at radius 1 is 0.821 bits per heavy atom. The molecule has 9 heteroatoms. The van der Waals surface area contributed by atoms with Crippen LogP contribution in [0.15, 0.2) is 90.0 Å². The molecule has 4 rings (SSSR count). The summed E-state index contributed by atoms with van der Waals surface area (Å²) < 4.78 is 78.4. The van der Waals surface area contributed by atoms with Crippen LogP contribution in [0.3, 0.4) is 0 Å². The van der Waals surface area contributed by atoms with Crippen LogP contribution in [0.2, 0.25) is 0 Å². The molecule has 0 spiro atoms. The SMILES string of the molecule is CS(=O)(=O)c1c(F)cc([SH]2c3ccccc3S(=O)(=O)c3ccccc32)cc1F. The summed E-state index contributed by atoms with van der Waals surface area (Å²) in [5, 5.41) is 0. The van der Waals surface area contributed by atoms with E-state index in [-0.39, 0.29) is 14.7 Å². The van der Waals surface area contributed by atoms with Crippen LogP contribution in [0.25, 0.3) is 0 Å². The third-order valence-electron chi connectivity index (χ3n) is 4.40. The van der Waals surface area contributed by atoms with Gasteiger partial charge in [-0.05, 0) is 36.4 Å². The van der Waals surface area contributed by atoms with Gasteiger partial charge in [0.05, 0.1) is 9.79 Å². The number of hydrogen-bond acceptors (Lipinski definition) is 4. The van der Waals surface area contributed by atoms with E-state index in [4.69, 9.17) is 0 Å². The van der Waals surface area contributed by atoms with Crippen LogP contribution in [0.5, 0.6) is 0 Å². The maximum atomic E-state index is 14.5. The lowest BCUT2D eigenvalue weighted by molar-refractivity contribution is 0.516. The Morgan fingerprint density at radius 2 is 1.25 bits per heavy atom. The summed E-state index contributed by atoms with van der Waals surface area (Å²) in [4.78, 5) is 0.287. The fourth-order valence-corrected chi connectivity index (χ4v) is 9.19. The van der Waals surface area contributed by atoms with Crippen molar-refractivity contribution in [2.45, 2.75) is 29.4 Å². The average Bonchev–Trinajstić information content (AvgIpc) is 2.60. The lowest BCUT2D eigenvalue weighted by Gasteiger charge is -2.31. The largest absolute Gasteiger partial charge is 0.224 e. The topological polar surface area (TPSA) is 68.3 Å². The maximum absolute atomic E-state index is 14.5. The smallest absolute Gasteiger partial charge is 0.208 e. The molecule has 28 heavy (non-hydrogen) atoms. The molecule has 146 valence electrons. The Hall–Kier alpha value is -2.23. The lowest BCUT2D eigenvalue weighted by atomic mass is 10.3. The lowest BCUT2D eigenvalue weighted by Crippen LogP contribution is -2.13. The third-order valence-corrected chi connectivity index (χ3v) is 10.2. The van der Waals surface area contributed by atoms with Gasteiger partial charge in [0, 0.05) is 20.9 Å². The average molecular weight is 441 g/mol. The van der Waals surface area contributed by atoms with E-state index < -0.39 is 47.1 Å². The normalized spacial score (nSPS) is 16.3. The fourth-order valence-electron chi connectivity index (χ4n) is 3.29. The van der Waals surface area contributed by atoms with Crippen LogP contribution in [-0.2, 0) is 19.7 Å². The molecule has 3 aromatic rings. The van der Waals surface area contributed by atoms with Crippen molar-refractivity contribution in [3.63, 3.8) is 0 Å². The minimum atomic E-state index is -4.09. The van der Waals surface area contributed by atoms with Crippen LogP contribution in [0, 0.1) is 11.6 Å². The quantitative estimate of drug-likeness (QED) is 0.479. The Labute approximate surface area is 164 Å². The van der Waals surface area contributed by atoms with E-state index in [0.29, 0.717) is 9.79 Å². The molecule has 0 bridgehead atoms. The van der Waals surface area contributed by atoms with Crippen LogP contribution in [0.4, 0.5) is 8.78 Å². The maximum Gasteiger partial charge on any atom is 0.208 e. The van der Waals surface area contributed by atoms with Crippen LogP contribution in [0.1, 0.15) is 0 Å². The molecule has 0 atom stereocenters. The van der Waals surface area contributed by atoms with Crippen LogP contribution < -0.4 is 0 Å². The number of benzene rings is 3. The standard InChI is InChI=1S/C19H14F2O4S3/c1-27(22,23)19-13(20)10-12(11-14(19)21)26-15-6-2-4-8-17(15)28(24,25)18-9-5-3-7-16(18)26/h2-11,26H,1H3. The monoisotopic (exact) mass is 440 g/mol. The molecule has 3 aromatic carbocycles. The minimum Gasteiger partial charge on any atom is -0.224 e. The van der Waals surface area contributed by atoms with Gasteiger partial charge in [-0.15, -0.1) is 0 Å². The second-order valence-electron chi connectivity index (χ2n) is 6.29. The van der Waals surface area contributed by atoms with E-state index in [1.807, 2.05) is 0 Å². The van der Waals surface area contributed by atoms with E-state index in [1.54, 1.807) is 36.4 Å². The van der Waals surface area contributed by atoms with Crippen molar-refractivity contribution in [1.29, 1.82) is 0 Å². The summed E-state index contributed by atoms with van der Waals surface area (Å²) in [6.45, 7) is 0. The van der Waals surface area contributed by atoms with E-state index in [2.05, 4.69) is 0 Å². The van der Waals surface area contributed by atoms with Crippen LogP contribution in [-0.4, -0.2) is 23.1 Å². The minimum absolute atomic E-state index is 0.0906. The zero-order valence-corrected chi connectivity index (χ0v) is 17.0. The summed E-state index contributed by atoms with van der Waals surface area (Å²) in [5.41, 5.74) is 0. The Kier molecular flexibility index (Phi) is 4.36. The first-order valence-electron chi connectivity index (χ1n) is 8.05. The highest BCUT2D eigenvalue weighted by atomic mass is 32.2. The zero-order chi connectivity index (χ0) is 20.3. The van der Waals surface area contributed by atoms with Gasteiger partial charge in [0.2, 0.25) is 9.84 Å². The Balaban J connectivity index is 2.05. The Bertz CT molecular complexity index is 1260. The molecular formula is C19H14F2O4S3. The van der Waals surface area contributed by atoms with Gasteiger partial charge in [-0.1, -0.05) is 24.3 Å². The molecule has 1 aliphatic heterocycles. The zero-order valence-electron chi connectivity index (χ0n) is 14.4. The molecule has 0 radical (unpaired) electrons. The fraction of sp³-hybridized carbons (Fsp3) is 0.0526. The second kappa shape index (κ2) is 6.40. The summed E-state index contributed by atoms with van der Waals surface area (Å²) in [5.74, 6) is -2.38. The summed E-state index contributed by atoms with van der Waals surface area (Å²) in [7, 11) is -9.44. The highest BCUT2D eigenvalue weighted by Crippen LogP contribution is 2.59. The van der Waals surface area contributed by atoms with Gasteiger partial charge in [-0.2, -0.15) is 10.9 Å². The number of halogens is 2. The van der Waals surface area contributed by atoms with Crippen molar-refractivity contribution < 1.29 is 25.6 Å². The number of sulfone groups is 2. The molecule has 0 N–H and O–H groups in total. The van der Waals surface area contributed by atoms with Crippen molar-refractivity contribution in [2.75, 3.05) is 6.26 Å². The number of thiol groups is 1. The third kappa shape index (κ3) is 2.85. The first-order chi connectivity index (χ1) is 13.1. The Morgan fingerprint density at radius 3 is 1.68 bits per heavy atom. The van der Waals surface area contributed by atoms with E-state index in [9.17, 15) is 25.6 Å². The predicted octanol–water partition coefficient (Wildman–Crippen LogP) is 3.99. The molecule has 0 saturated heterocycles. The van der Waals surface area contributed by atoms with E-state index >= 15 is 0 Å². The van der Waals surface area contributed by atoms with Gasteiger partial charge >= 0.3 is 0 Å². The predicted molar refractivity (Wildman–Crippen MR) is 102 cm³/mol. The number of fused-ring (bicyclic) bond motifs is 2. The number of rotatable bonds is 2. The summed E-state index contributed by atoms with van der Waals surface area (Å²) >= 11 is 0. The van der Waals surface area contributed by atoms with Gasteiger partial charge < -0.3 is 0 Å².